The maximum atomic E-state index is 5.67. The van der Waals surface area contributed by atoms with E-state index in [4.69, 9.17) is 4.74 Å². The second-order valence-electron chi connectivity index (χ2n) is 5.29. The van der Waals surface area contributed by atoms with Crippen LogP contribution in [0.3, 0.4) is 0 Å². The van der Waals surface area contributed by atoms with Crippen LogP contribution < -0.4 is 5.32 Å². The molecule has 3 nitrogen and oxygen atoms in total. The Morgan fingerprint density at radius 1 is 1.33 bits per heavy atom. The molecule has 3 heteroatoms. The van der Waals surface area contributed by atoms with E-state index in [1.807, 2.05) is 6.07 Å². The lowest BCUT2D eigenvalue weighted by atomic mass is 10.1. The van der Waals surface area contributed by atoms with E-state index in [1.54, 1.807) is 0 Å². The number of anilines is 1. The molecule has 1 aliphatic heterocycles. The summed E-state index contributed by atoms with van der Waals surface area (Å²) in [6.45, 7) is 9.52. The number of para-hydroxylation sites is 1. The predicted molar refractivity (Wildman–Crippen MR) is 76.0 cm³/mol. The first-order valence-corrected chi connectivity index (χ1v) is 6.83. The number of ether oxygens (including phenoxy) is 1. The van der Waals surface area contributed by atoms with Gasteiger partial charge in [-0.15, -0.1) is 0 Å². The van der Waals surface area contributed by atoms with E-state index >= 15 is 0 Å². The van der Waals surface area contributed by atoms with Crippen LogP contribution >= 0.6 is 0 Å². The third-order valence-corrected chi connectivity index (χ3v) is 3.60. The van der Waals surface area contributed by atoms with Crippen molar-refractivity contribution < 1.29 is 4.74 Å². The van der Waals surface area contributed by atoms with Crippen molar-refractivity contribution in [2.75, 3.05) is 25.0 Å². The van der Waals surface area contributed by atoms with Crippen LogP contribution in [0.15, 0.2) is 30.3 Å². The maximum absolute atomic E-state index is 5.67. The normalized spacial score (nSPS) is 26.8. The fourth-order valence-electron chi connectivity index (χ4n) is 2.48. The molecule has 0 aliphatic carbocycles. The predicted octanol–water partition coefficient (Wildman–Crippen LogP) is 2.60. The lowest BCUT2D eigenvalue weighted by Gasteiger charge is -2.40. The lowest BCUT2D eigenvalue weighted by molar-refractivity contribution is -0.0614. The number of rotatable bonds is 4. The summed E-state index contributed by atoms with van der Waals surface area (Å²) >= 11 is 0. The van der Waals surface area contributed by atoms with E-state index in [0.717, 1.165) is 19.7 Å². The summed E-state index contributed by atoms with van der Waals surface area (Å²) in [5, 5.41) is 3.49. The summed E-state index contributed by atoms with van der Waals surface area (Å²) < 4.78 is 5.67. The molecule has 1 saturated heterocycles. The van der Waals surface area contributed by atoms with Crippen LogP contribution in [0, 0.1) is 0 Å². The van der Waals surface area contributed by atoms with Gasteiger partial charge < -0.3 is 10.1 Å². The van der Waals surface area contributed by atoms with Crippen LogP contribution in [0.4, 0.5) is 5.69 Å². The third-order valence-electron chi connectivity index (χ3n) is 3.60. The molecule has 0 spiro atoms. The van der Waals surface area contributed by atoms with Crippen molar-refractivity contribution in [3.05, 3.63) is 30.3 Å². The van der Waals surface area contributed by atoms with Crippen molar-refractivity contribution in [1.82, 2.24) is 4.90 Å². The first kappa shape index (κ1) is 13.4. The minimum atomic E-state index is 0.348. The molecule has 3 atom stereocenters. The number of nitrogens with one attached hydrogen (secondary N) is 1. The molecule has 1 aromatic carbocycles. The van der Waals surface area contributed by atoms with Crippen LogP contribution in [-0.4, -0.2) is 42.8 Å². The van der Waals surface area contributed by atoms with Crippen LogP contribution in [0.1, 0.15) is 20.8 Å². The monoisotopic (exact) mass is 248 g/mol. The summed E-state index contributed by atoms with van der Waals surface area (Å²) in [6, 6.07) is 11.4. The highest BCUT2D eigenvalue weighted by Crippen LogP contribution is 2.15. The zero-order valence-corrected chi connectivity index (χ0v) is 11.6. The largest absolute Gasteiger partial charge is 0.383 e. The molecule has 0 radical (unpaired) electrons. The summed E-state index contributed by atoms with van der Waals surface area (Å²) in [5.74, 6) is 0. The number of hydrogen-bond acceptors (Lipinski definition) is 3. The topological polar surface area (TPSA) is 24.5 Å². The van der Waals surface area contributed by atoms with Gasteiger partial charge >= 0.3 is 0 Å². The van der Waals surface area contributed by atoms with Gasteiger partial charge in [-0.2, -0.15) is 0 Å². The van der Waals surface area contributed by atoms with E-state index in [0.29, 0.717) is 18.2 Å². The van der Waals surface area contributed by atoms with Gasteiger partial charge in [0.1, 0.15) is 0 Å². The smallest absolute Gasteiger partial charge is 0.0674 e. The van der Waals surface area contributed by atoms with Gasteiger partial charge in [-0.3, -0.25) is 4.90 Å². The van der Waals surface area contributed by atoms with Crippen molar-refractivity contribution in [3.63, 3.8) is 0 Å². The van der Waals surface area contributed by atoms with Gasteiger partial charge in [0.05, 0.1) is 12.7 Å². The molecule has 0 bridgehead atoms. The molecule has 0 saturated carbocycles. The van der Waals surface area contributed by atoms with Gasteiger partial charge in [0, 0.05) is 30.9 Å². The second-order valence-corrected chi connectivity index (χ2v) is 5.29. The van der Waals surface area contributed by atoms with Crippen LogP contribution in [0.5, 0.6) is 0 Å². The fourth-order valence-corrected chi connectivity index (χ4v) is 2.48. The zero-order chi connectivity index (χ0) is 13.0. The van der Waals surface area contributed by atoms with Crippen LogP contribution in [0.25, 0.3) is 0 Å². The Labute approximate surface area is 110 Å². The van der Waals surface area contributed by atoms with Gasteiger partial charge in [-0.1, -0.05) is 18.2 Å². The van der Waals surface area contributed by atoms with E-state index in [1.165, 1.54) is 5.69 Å². The van der Waals surface area contributed by atoms with E-state index in [2.05, 4.69) is 55.3 Å². The Morgan fingerprint density at radius 3 is 2.78 bits per heavy atom. The Kier molecular flexibility index (Phi) is 4.61. The van der Waals surface area contributed by atoms with Crippen molar-refractivity contribution >= 4 is 5.69 Å². The molecule has 100 valence electrons. The molecular weight excluding hydrogens is 224 g/mol. The number of nitrogens with zero attached hydrogens (tertiary/aromatic N) is 1. The van der Waals surface area contributed by atoms with E-state index in [-0.39, 0.29) is 0 Å². The fraction of sp³-hybridized carbons (Fsp3) is 0.600. The third kappa shape index (κ3) is 3.47. The van der Waals surface area contributed by atoms with Gasteiger partial charge in [-0.25, -0.2) is 0 Å². The van der Waals surface area contributed by atoms with Crippen LogP contribution in [0.2, 0.25) is 0 Å². The Bertz CT molecular complexity index is 355. The Hall–Kier alpha value is -1.06. The average Bonchev–Trinajstić information content (AvgIpc) is 2.40. The molecule has 1 fully saturated rings. The summed E-state index contributed by atoms with van der Waals surface area (Å²) in [6.07, 6.45) is 0.348. The molecule has 1 aliphatic rings. The standard InChI is InChI=1S/C15H24N2O/c1-12(9-16-15-7-5-4-6-8-15)17-10-14(3)18-11-13(17)2/h4-8,12-14,16H,9-11H2,1-3H3. The van der Waals surface area contributed by atoms with E-state index in [9.17, 15) is 0 Å². The summed E-state index contributed by atoms with van der Waals surface area (Å²) in [7, 11) is 0. The molecule has 18 heavy (non-hydrogen) atoms. The maximum Gasteiger partial charge on any atom is 0.0674 e. The van der Waals surface area contributed by atoms with Gasteiger partial charge in [-0.05, 0) is 32.9 Å². The molecule has 1 aromatic rings. The highest BCUT2D eigenvalue weighted by Gasteiger charge is 2.26. The number of morpholine rings is 1. The van der Waals surface area contributed by atoms with Crippen molar-refractivity contribution in [2.45, 2.75) is 39.0 Å². The van der Waals surface area contributed by atoms with Crippen LogP contribution in [-0.2, 0) is 4.74 Å². The minimum absolute atomic E-state index is 0.348. The second kappa shape index (κ2) is 6.21. The molecule has 3 unspecified atom stereocenters. The SMILES string of the molecule is CC1CN(C(C)CNc2ccccc2)C(C)CO1. The first-order valence-electron chi connectivity index (χ1n) is 6.83. The number of hydrogen-bond donors (Lipinski definition) is 1. The molecule has 2 rings (SSSR count). The minimum Gasteiger partial charge on any atom is -0.383 e. The van der Waals surface area contributed by atoms with Gasteiger partial charge in [0.15, 0.2) is 0 Å². The lowest BCUT2D eigenvalue weighted by Crippen LogP contribution is -2.53. The zero-order valence-electron chi connectivity index (χ0n) is 11.6. The number of benzene rings is 1. The summed E-state index contributed by atoms with van der Waals surface area (Å²) in [5.41, 5.74) is 1.19. The molecular formula is C15H24N2O. The first-order chi connectivity index (χ1) is 8.66. The molecule has 1 N–H and O–H groups in total. The molecule has 0 amide bonds. The van der Waals surface area contributed by atoms with Crippen molar-refractivity contribution in [3.8, 4) is 0 Å². The highest BCUT2D eigenvalue weighted by atomic mass is 16.5. The van der Waals surface area contributed by atoms with Crippen molar-refractivity contribution in [1.29, 1.82) is 0 Å². The van der Waals surface area contributed by atoms with Gasteiger partial charge in [0.2, 0.25) is 0 Å². The summed E-state index contributed by atoms with van der Waals surface area (Å²) in [4.78, 5) is 2.53. The Balaban J connectivity index is 1.85. The molecule has 0 aromatic heterocycles. The van der Waals surface area contributed by atoms with E-state index < -0.39 is 0 Å². The van der Waals surface area contributed by atoms with Gasteiger partial charge in [0.25, 0.3) is 0 Å². The van der Waals surface area contributed by atoms with Crippen molar-refractivity contribution in [2.24, 2.45) is 0 Å². The average molecular weight is 248 g/mol. The Morgan fingerprint density at radius 2 is 2.06 bits per heavy atom. The molecule has 1 heterocycles. The highest BCUT2D eigenvalue weighted by molar-refractivity contribution is 5.42. The quantitative estimate of drug-likeness (QED) is 0.886.